The Balaban J connectivity index is 1.75. The van der Waals surface area contributed by atoms with E-state index in [1.165, 1.54) is 24.5 Å². The molecule has 25 heavy (non-hydrogen) atoms. The number of pyridine rings is 2. The maximum Gasteiger partial charge on any atom is 0.217 e. The molecule has 0 spiro atoms. The van der Waals surface area contributed by atoms with Crippen molar-refractivity contribution in [3.05, 3.63) is 53.5 Å². The van der Waals surface area contributed by atoms with Gasteiger partial charge in [0.05, 0.1) is 12.2 Å². The lowest BCUT2D eigenvalue weighted by Gasteiger charge is -2.25. The molecule has 1 atom stereocenters. The molecule has 0 radical (unpaired) electrons. The molecule has 1 amide bonds. The van der Waals surface area contributed by atoms with Gasteiger partial charge in [-0.3, -0.25) is 14.7 Å². The van der Waals surface area contributed by atoms with E-state index in [0.717, 1.165) is 31.0 Å². The lowest BCUT2D eigenvalue weighted by molar-refractivity contribution is -0.119. The van der Waals surface area contributed by atoms with Crippen LogP contribution in [-0.4, -0.2) is 34.4 Å². The molecule has 1 aliphatic rings. The number of anilines is 1. The van der Waals surface area contributed by atoms with Crippen molar-refractivity contribution in [1.82, 2.24) is 20.2 Å². The first-order chi connectivity index (χ1) is 12.2. The van der Waals surface area contributed by atoms with Gasteiger partial charge in [-0.1, -0.05) is 6.07 Å². The Morgan fingerprint density at radius 1 is 1.32 bits per heavy atom. The normalized spacial score (nSPS) is 17.4. The second-order valence-corrected chi connectivity index (χ2v) is 6.38. The summed E-state index contributed by atoms with van der Waals surface area (Å²) in [5.74, 6) is 0.903. The van der Waals surface area contributed by atoms with Crippen molar-refractivity contribution in [3.8, 4) is 0 Å². The number of aromatic nitrogens is 2. The molecule has 132 valence electrons. The van der Waals surface area contributed by atoms with Crippen LogP contribution in [0.4, 0.5) is 5.82 Å². The second-order valence-electron chi connectivity index (χ2n) is 6.38. The van der Waals surface area contributed by atoms with Crippen molar-refractivity contribution >= 4 is 11.7 Å². The number of likely N-dealkylation sites (tertiary alicyclic amines) is 1. The van der Waals surface area contributed by atoms with Crippen LogP contribution in [-0.2, 0) is 17.9 Å². The van der Waals surface area contributed by atoms with Gasteiger partial charge in [0, 0.05) is 44.5 Å². The average molecular weight is 339 g/mol. The lowest BCUT2D eigenvalue weighted by Crippen LogP contribution is -2.24. The van der Waals surface area contributed by atoms with Crippen LogP contribution in [0.1, 0.15) is 42.6 Å². The number of carbonyl (C=O) groups excluding carboxylic acids is 1. The lowest BCUT2D eigenvalue weighted by atomic mass is 10.0. The van der Waals surface area contributed by atoms with E-state index < -0.39 is 0 Å². The average Bonchev–Trinajstić information content (AvgIpc) is 3.09. The van der Waals surface area contributed by atoms with Gasteiger partial charge in [0.15, 0.2) is 0 Å². The number of nitrogens with one attached hydrogen (secondary N) is 2. The van der Waals surface area contributed by atoms with E-state index in [2.05, 4.69) is 43.7 Å². The Morgan fingerprint density at radius 2 is 2.20 bits per heavy atom. The minimum absolute atomic E-state index is 0.0362. The molecule has 6 heteroatoms. The van der Waals surface area contributed by atoms with Crippen LogP contribution in [0.2, 0.25) is 0 Å². The summed E-state index contributed by atoms with van der Waals surface area (Å²) >= 11 is 0. The molecule has 2 N–H and O–H groups in total. The molecule has 0 aliphatic carbocycles. The van der Waals surface area contributed by atoms with E-state index >= 15 is 0 Å². The number of rotatable bonds is 6. The van der Waals surface area contributed by atoms with Gasteiger partial charge in [0.25, 0.3) is 0 Å². The zero-order valence-corrected chi connectivity index (χ0v) is 14.8. The highest BCUT2D eigenvalue weighted by molar-refractivity contribution is 5.72. The molecule has 0 unspecified atom stereocenters. The highest BCUT2D eigenvalue weighted by Crippen LogP contribution is 2.33. The minimum atomic E-state index is -0.0362. The summed E-state index contributed by atoms with van der Waals surface area (Å²) < 4.78 is 0. The zero-order chi connectivity index (χ0) is 17.6. The Labute approximate surface area is 148 Å². The van der Waals surface area contributed by atoms with Gasteiger partial charge in [-0.2, -0.15) is 0 Å². The summed E-state index contributed by atoms with van der Waals surface area (Å²) in [5.41, 5.74) is 3.38. The summed E-state index contributed by atoms with van der Waals surface area (Å²) in [6.07, 6.45) is 5.97. The summed E-state index contributed by atoms with van der Waals surface area (Å²) in [4.78, 5) is 22.4. The molecule has 0 saturated carbocycles. The van der Waals surface area contributed by atoms with Gasteiger partial charge in [-0.05, 0) is 43.1 Å². The van der Waals surface area contributed by atoms with E-state index in [-0.39, 0.29) is 5.91 Å². The largest absolute Gasteiger partial charge is 0.373 e. The molecule has 0 bridgehead atoms. The Kier molecular flexibility index (Phi) is 5.60. The van der Waals surface area contributed by atoms with Crippen LogP contribution in [0.15, 0.2) is 36.7 Å². The van der Waals surface area contributed by atoms with Crippen LogP contribution in [0, 0.1) is 0 Å². The van der Waals surface area contributed by atoms with Gasteiger partial charge >= 0.3 is 0 Å². The van der Waals surface area contributed by atoms with Gasteiger partial charge in [0.2, 0.25) is 5.91 Å². The second kappa shape index (κ2) is 8.07. The Hall–Kier alpha value is -2.47. The molecule has 2 aromatic rings. The molecule has 2 aromatic heterocycles. The fourth-order valence-electron chi connectivity index (χ4n) is 3.42. The van der Waals surface area contributed by atoms with Crippen molar-refractivity contribution in [2.75, 3.05) is 18.9 Å². The third kappa shape index (κ3) is 4.33. The van der Waals surface area contributed by atoms with Crippen LogP contribution >= 0.6 is 0 Å². The van der Waals surface area contributed by atoms with Crippen LogP contribution in [0.25, 0.3) is 0 Å². The molecule has 3 rings (SSSR count). The minimum Gasteiger partial charge on any atom is -0.373 e. The Bertz CT molecular complexity index is 733. The molecule has 1 aliphatic heterocycles. The van der Waals surface area contributed by atoms with E-state index in [4.69, 9.17) is 0 Å². The van der Waals surface area contributed by atoms with Crippen molar-refractivity contribution in [3.63, 3.8) is 0 Å². The van der Waals surface area contributed by atoms with Crippen LogP contribution in [0.5, 0.6) is 0 Å². The topological polar surface area (TPSA) is 70.2 Å². The third-order valence-corrected chi connectivity index (χ3v) is 4.61. The quantitative estimate of drug-likeness (QED) is 0.846. The first-order valence-electron chi connectivity index (χ1n) is 8.72. The molecule has 1 fully saturated rings. The fraction of sp³-hybridized carbons (Fsp3) is 0.421. The number of amides is 1. The summed E-state index contributed by atoms with van der Waals surface area (Å²) in [5, 5.41) is 5.99. The predicted octanol–water partition coefficient (Wildman–Crippen LogP) is 2.49. The molecule has 3 heterocycles. The van der Waals surface area contributed by atoms with E-state index in [1.54, 1.807) is 0 Å². The predicted molar refractivity (Wildman–Crippen MR) is 97.9 cm³/mol. The maximum atomic E-state index is 11.1. The van der Waals surface area contributed by atoms with Gasteiger partial charge in [-0.15, -0.1) is 0 Å². The summed E-state index contributed by atoms with van der Waals surface area (Å²) in [6.45, 7) is 3.95. The fourth-order valence-corrected chi connectivity index (χ4v) is 3.42. The molecule has 0 aromatic carbocycles. The number of nitrogens with zero attached hydrogens (tertiary/aromatic N) is 3. The van der Waals surface area contributed by atoms with Crippen molar-refractivity contribution < 1.29 is 4.79 Å². The van der Waals surface area contributed by atoms with E-state index in [0.29, 0.717) is 12.6 Å². The first-order valence-corrected chi connectivity index (χ1v) is 8.72. The van der Waals surface area contributed by atoms with E-state index in [1.807, 2.05) is 25.5 Å². The number of hydrogen-bond donors (Lipinski definition) is 2. The monoisotopic (exact) mass is 339 g/mol. The zero-order valence-electron chi connectivity index (χ0n) is 14.8. The summed E-state index contributed by atoms with van der Waals surface area (Å²) in [6, 6.07) is 8.69. The van der Waals surface area contributed by atoms with Crippen molar-refractivity contribution in [2.45, 2.75) is 38.9 Å². The molecular formula is C19H25N5O. The molecule has 1 saturated heterocycles. The number of hydrogen-bond acceptors (Lipinski definition) is 5. The van der Waals surface area contributed by atoms with Crippen molar-refractivity contribution in [2.24, 2.45) is 0 Å². The number of carbonyl (C=O) groups is 1. The smallest absolute Gasteiger partial charge is 0.217 e. The standard InChI is InChI=1S/C19H25N5O/c1-14(25)23-12-17-11-15(7-9-21-17)18-6-4-10-24(18)13-16-5-3-8-22-19(16)20-2/h3,5,7-9,11,18H,4,6,10,12-13H2,1-2H3,(H,20,22)(H,23,25)/t18-/m0/s1. The van der Waals surface area contributed by atoms with Crippen molar-refractivity contribution in [1.29, 1.82) is 0 Å². The highest BCUT2D eigenvalue weighted by atomic mass is 16.1. The Morgan fingerprint density at radius 3 is 3.00 bits per heavy atom. The summed E-state index contributed by atoms with van der Waals surface area (Å²) in [7, 11) is 1.91. The first kappa shape index (κ1) is 17.4. The third-order valence-electron chi connectivity index (χ3n) is 4.61. The molecule has 6 nitrogen and oxygen atoms in total. The molecular weight excluding hydrogens is 314 g/mol. The highest BCUT2D eigenvalue weighted by Gasteiger charge is 2.26. The van der Waals surface area contributed by atoms with E-state index in [9.17, 15) is 4.79 Å². The van der Waals surface area contributed by atoms with Gasteiger partial charge in [-0.25, -0.2) is 4.98 Å². The SMILES string of the molecule is CNc1ncccc1CN1CCC[C@H]1c1ccnc(CNC(C)=O)c1. The van der Waals surface area contributed by atoms with Crippen LogP contribution < -0.4 is 10.6 Å². The van der Waals surface area contributed by atoms with Gasteiger partial charge in [0.1, 0.15) is 5.82 Å². The van der Waals surface area contributed by atoms with Gasteiger partial charge < -0.3 is 10.6 Å². The van der Waals surface area contributed by atoms with Crippen LogP contribution in [0.3, 0.4) is 0 Å². The maximum absolute atomic E-state index is 11.1.